The van der Waals surface area contributed by atoms with E-state index in [9.17, 15) is 9.90 Å². The van der Waals surface area contributed by atoms with Gasteiger partial charge < -0.3 is 23.7 Å². The van der Waals surface area contributed by atoms with Crippen molar-refractivity contribution < 1.29 is 28.5 Å². The van der Waals surface area contributed by atoms with E-state index in [0.717, 1.165) is 11.8 Å². The lowest BCUT2D eigenvalue weighted by molar-refractivity contribution is -0.131. The molecule has 0 spiro atoms. The number of carboxylic acid groups (broad SMARTS) is 1. The Labute approximate surface area is 171 Å². The van der Waals surface area contributed by atoms with Crippen LogP contribution in [0, 0.1) is 0 Å². The molecular weight excluding hydrogens is 396 g/mol. The summed E-state index contributed by atoms with van der Waals surface area (Å²) >= 11 is 0.865. The third-order valence-corrected chi connectivity index (χ3v) is 4.68. The first-order valence-electron chi connectivity index (χ1n) is 8.36. The topological polar surface area (TPSA) is 104 Å². The van der Waals surface area contributed by atoms with Gasteiger partial charge in [-0.3, -0.25) is 0 Å². The van der Waals surface area contributed by atoms with E-state index >= 15 is 0 Å². The fraction of sp³-hybridized carbons (Fsp3) is 0.150. The Morgan fingerprint density at radius 1 is 0.966 bits per heavy atom. The maximum atomic E-state index is 11.6. The molecule has 29 heavy (non-hydrogen) atoms. The van der Waals surface area contributed by atoms with Crippen molar-refractivity contribution in [1.29, 1.82) is 0 Å². The molecule has 9 heteroatoms. The molecule has 3 rings (SSSR count). The standard InChI is InChI=1S/C20H18N2O6S/c1-25-14-6-4-12(5-7-14)8-17(19(23)24)29-20-22-21-18(28-20)13-9-15(26-2)11-16(10-13)27-3/h4-11H,1-3H3,(H,23,24)/b17-8-. The SMILES string of the molecule is COc1ccc(/C=C(\Sc2nnc(-c3cc(OC)cc(OC)c3)o2)C(=O)O)cc1. The van der Waals surface area contributed by atoms with Crippen LogP contribution in [0.25, 0.3) is 17.5 Å². The summed E-state index contributed by atoms with van der Waals surface area (Å²) in [5, 5.41) is 17.6. The molecule has 0 fully saturated rings. The van der Waals surface area contributed by atoms with Crippen molar-refractivity contribution in [3.63, 3.8) is 0 Å². The number of carbonyl (C=O) groups is 1. The summed E-state index contributed by atoms with van der Waals surface area (Å²) in [6, 6.07) is 12.2. The third-order valence-electron chi connectivity index (χ3n) is 3.83. The molecule has 0 saturated carbocycles. The summed E-state index contributed by atoms with van der Waals surface area (Å²) in [7, 11) is 4.64. The molecule has 0 amide bonds. The third kappa shape index (κ3) is 5.08. The summed E-state index contributed by atoms with van der Waals surface area (Å²) in [4.78, 5) is 11.7. The molecule has 1 N–H and O–H groups in total. The van der Waals surface area contributed by atoms with Crippen molar-refractivity contribution in [3.8, 4) is 28.7 Å². The Hall–Kier alpha value is -3.46. The molecule has 0 saturated heterocycles. The molecule has 3 aromatic rings. The average Bonchev–Trinajstić information content (AvgIpc) is 3.22. The lowest BCUT2D eigenvalue weighted by Crippen LogP contribution is -1.96. The van der Waals surface area contributed by atoms with Gasteiger partial charge >= 0.3 is 5.97 Å². The number of hydrogen-bond acceptors (Lipinski definition) is 8. The van der Waals surface area contributed by atoms with Crippen LogP contribution in [-0.2, 0) is 4.79 Å². The van der Waals surface area contributed by atoms with E-state index in [1.165, 1.54) is 20.3 Å². The molecule has 0 radical (unpaired) electrons. The fourth-order valence-corrected chi connectivity index (χ4v) is 3.05. The van der Waals surface area contributed by atoms with Crippen molar-refractivity contribution in [3.05, 3.63) is 52.9 Å². The van der Waals surface area contributed by atoms with Gasteiger partial charge in [0.1, 0.15) is 22.2 Å². The van der Waals surface area contributed by atoms with Crippen LogP contribution in [0.4, 0.5) is 0 Å². The van der Waals surface area contributed by atoms with Crippen molar-refractivity contribution in [1.82, 2.24) is 10.2 Å². The van der Waals surface area contributed by atoms with Gasteiger partial charge in [-0.15, -0.1) is 10.2 Å². The predicted molar refractivity (Wildman–Crippen MR) is 107 cm³/mol. The highest BCUT2D eigenvalue weighted by atomic mass is 32.2. The Morgan fingerprint density at radius 2 is 1.59 bits per heavy atom. The lowest BCUT2D eigenvalue weighted by atomic mass is 10.2. The summed E-state index contributed by atoms with van der Waals surface area (Å²) in [6.07, 6.45) is 1.52. The molecule has 0 unspecified atom stereocenters. The highest BCUT2D eigenvalue weighted by Gasteiger charge is 2.17. The number of ether oxygens (including phenoxy) is 3. The number of nitrogens with zero attached hydrogens (tertiary/aromatic N) is 2. The number of methoxy groups -OCH3 is 3. The van der Waals surface area contributed by atoms with Gasteiger partial charge in [0.2, 0.25) is 5.89 Å². The quantitative estimate of drug-likeness (QED) is 0.433. The summed E-state index contributed by atoms with van der Waals surface area (Å²) < 4.78 is 21.2. The van der Waals surface area contributed by atoms with Crippen LogP contribution in [0.15, 0.2) is 57.0 Å². The van der Waals surface area contributed by atoms with Gasteiger partial charge in [0.05, 0.1) is 21.3 Å². The number of thioether (sulfide) groups is 1. The van der Waals surface area contributed by atoms with Crippen molar-refractivity contribution in [2.45, 2.75) is 5.22 Å². The largest absolute Gasteiger partial charge is 0.497 e. The summed E-state index contributed by atoms with van der Waals surface area (Å²) in [5.41, 5.74) is 1.30. The number of carboxylic acids is 1. The van der Waals surface area contributed by atoms with E-state index in [1.807, 2.05) is 0 Å². The van der Waals surface area contributed by atoms with Crippen molar-refractivity contribution >= 4 is 23.8 Å². The van der Waals surface area contributed by atoms with Crippen LogP contribution in [0.2, 0.25) is 0 Å². The molecule has 0 aliphatic rings. The van der Waals surface area contributed by atoms with Crippen LogP contribution in [-0.4, -0.2) is 42.6 Å². The highest BCUT2D eigenvalue weighted by Crippen LogP contribution is 2.33. The van der Waals surface area contributed by atoms with Gasteiger partial charge in [-0.2, -0.15) is 0 Å². The minimum atomic E-state index is -1.10. The minimum absolute atomic E-state index is 0.0357. The van der Waals surface area contributed by atoms with Crippen molar-refractivity contribution in [2.24, 2.45) is 0 Å². The molecule has 0 aliphatic heterocycles. The number of benzene rings is 2. The Bertz CT molecular complexity index is 1010. The van der Waals surface area contributed by atoms with Gasteiger partial charge in [0.25, 0.3) is 5.22 Å². The Kier molecular flexibility index (Phi) is 6.40. The molecule has 0 aliphatic carbocycles. The normalized spacial score (nSPS) is 11.2. The zero-order valence-electron chi connectivity index (χ0n) is 15.9. The minimum Gasteiger partial charge on any atom is -0.497 e. The first kappa shape index (κ1) is 20.3. The monoisotopic (exact) mass is 414 g/mol. The zero-order valence-corrected chi connectivity index (χ0v) is 16.7. The van der Waals surface area contributed by atoms with E-state index < -0.39 is 5.97 Å². The number of rotatable bonds is 8. The second-order valence-corrected chi connectivity index (χ2v) is 6.66. The molecule has 150 valence electrons. The molecule has 0 bridgehead atoms. The first-order valence-corrected chi connectivity index (χ1v) is 9.18. The summed E-state index contributed by atoms with van der Waals surface area (Å²) in [6.45, 7) is 0. The zero-order chi connectivity index (χ0) is 20.8. The van der Waals surface area contributed by atoms with Crippen LogP contribution in [0.5, 0.6) is 17.2 Å². The van der Waals surface area contributed by atoms with Crippen LogP contribution in [0.1, 0.15) is 5.56 Å². The smallest absolute Gasteiger partial charge is 0.342 e. The molecular formula is C20H18N2O6S. The van der Waals surface area contributed by atoms with E-state index in [0.29, 0.717) is 28.4 Å². The number of aliphatic carboxylic acids is 1. The average molecular weight is 414 g/mol. The molecule has 1 heterocycles. The van der Waals surface area contributed by atoms with Gasteiger partial charge in [-0.25, -0.2) is 4.79 Å². The van der Waals surface area contributed by atoms with E-state index in [4.69, 9.17) is 18.6 Å². The molecule has 0 atom stereocenters. The van der Waals surface area contributed by atoms with E-state index in [2.05, 4.69) is 10.2 Å². The van der Waals surface area contributed by atoms with E-state index in [-0.39, 0.29) is 16.0 Å². The molecule has 1 aromatic heterocycles. The molecule has 8 nitrogen and oxygen atoms in total. The van der Waals surface area contributed by atoms with Gasteiger partial charge in [0.15, 0.2) is 0 Å². The maximum Gasteiger partial charge on any atom is 0.342 e. The van der Waals surface area contributed by atoms with Crippen molar-refractivity contribution in [2.75, 3.05) is 21.3 Å². The van der Waals surface area contributed by atoms with Gasteiger partial charge in [0, 0.05) is 11.6 Å². The second kappa shape index (κ2) is 9.16. The molecule has 2 aromatic carbocycles. The fourth-order valence-electron chi connectivity index (χ4n) is 2.38. The first-order chi connectivity index (χ1) is 14.0. The van der Waals surface area contributed by atoms with Gasteiger partial charge in [-0.1, -0.05) is 12.1 Å². The van der Waals surface area contributed by atoms with Crippen LogP contribution >= 0.6 is 11.8 Å². The predicted octanol–water partition coefficient (Wildman–Crippen LogP) is 3.98. The maximum absolute atomic E-state index is 11.6. The van der Waals surface area contributed by atoms with Crippen LogP contribution in [0.3, 0.4) is 0 Å². The summed E-state index contributed by atoms with van der Waals surface area (Å²) in [5.74, 6) is 0.934. The van der Waals surface area contributed by atoms with Gasteiger partial charge in [-0.05, 0) is 47.7 Å². The number of aromatic nitrogens is 2. The second-order valence-electron chi connectivity index (χ2n) is 5.66. The lowest BCUT2D eigenvalue weighted by Gasteiger charge is -2.05. The Morgan fingerprint density at radius 3 is 2.14 bits per heavy atom. The number of hydrogen-bond donors (Lipinski definition) is 1. The highest BCUT2D eigenvalue weighted by molar-refractivity contribution is 8.03. The van der Waals surface area contributed by atoms with Crippen LogP contribution < -0.4 is 14.2 Å². The van der Waals surface area contributed by atoms with E-state index in [1.54, 1.807) is 49.6 Å². The Balaban J connectivity index is 1.85.